The fourth-order valence-corrected chi connectivity index (χ4v) is 7.26. The second-order valence-corrected chi connectivity index (χ2v) is 12.4. The molecule has 3 saturated heterocycles. The Morgan fingerprint density at radius 2 is 2.00 bits per heavy atom. The summed E-state index contributed by atoms with van der Waals surface area (Å²) in [5.74, 6) is -0.571. The minimum atomic E-state index is -0.359. The summed E-state index contributed by atoms with van der Waals surface area (Å²) >= 11 is 1.24. The van der Waals surface area contributed by atoms with E-state index in [2.05, 4.69) is 11.2 Å². The average Bonchev–Trinajstić information content (AvgIpc) is 3.70. The van der Waals surface area contributed by atoms with Gasteiger partial charge < -0.3 is 19.4 Å². The fourth-order valence-electron chi connectivity index (χ4n) is 6.41. The fraction of sp³-hybridized carbons (Fsp3) is 0.400. The molecule has 0 unspecified atom stereocenters. The maximum atomic E-state index is 15.4. The molecule has 0 aliphatic carbocycles. The number of rotatable bonds is 6. The second-order valence-electron chi connectivity index (χ2n) is 11.4. The molecule has 1 amide bonds. The van der Waals surface area contributed by atoms with E-state index in [1.807, 2.05) is 34.7 Å². The van der Waals surface area contributed by atoms with E-state index in [1.165, 1.54) is 29.7 Å². The summed E-state index contributed by atoms with van der Waals surface area (Å²) < 4.78 is 35.8. The molecule has 3 aromatic heterocycles. The van der Waals surface area contributed by atoms with Gasteiger partial charge in [0.15, 0.2) is 10.9 Å². The van der Waals surface area contributed by atoms with Crippen molar-refractivity contribution in [3.8, 4) is 17.3 Å². The molecule has 9 nitrogen and oxygen atoms in total. The van der Waals surface area contributed by atoms with Crippen molar-refractivity contribution in [3.63, 3.8) is 0 Å². The summed E-state index contributed by atoms with van der Waals surface area (Å²) in [6.07, 6.45) is 2.81. The van der Waals surface area contributed by atoms with Crippen LogP contribution in [0, 0.1) is 34.3 Å². The largest absolute Gasteiger partial charge is 0.381 e. The van der Waals surface area contributed by atoms with Gasteiger partial charge in [-0.1, -0.05) is 18.3 Å². The molecule has 1 spiro atoms. The summed E-state index contributed by atoms with van der Waals surface area (Å²) in [6.45, 7) is 5.91. The number of anilines is 3. The zero-order chi connectivity index (χ0) is 29.2. The highest BCUT2D eigenvalue weighted by molar-refractivity contribution is 7.16. The van der Waals surface area contributed by atoms with Crippen LogP contribution in [0.3, 0.4) is 0 Å². The molecule has 216 valence electrons. The highest BCUT2D eigenvalue weighted by Gasteiger charge is 2.54. The number of hydrogen-bond donors (Lipinski definition) is 0. The first-order chi connectivity index (χ1) is 20.3. The third-order valence-electron chi connectivity index (χ3n) is 8.57. The molecule has 1 aromatic carbocycles. The molecule has 3 aliphatic heterocycles. The molecular formula is C30H29F2N7O2S. The molecule has 12 heteroatoms. The summed E-state index contributed by atoms with van der Waals surface area (Å²) in [4.78, 5) is 23.7. The van der Waals surface area contributed by atoms with Gasteiger partial charge in [-0.05, 0) is 43.2 Å². The van der Waals surface area contributed by atoms with E-state index in [9.17, 15) is 14.4 Å². The van der Waals surface area contributed by atoms with Crippen LogP contribution in [0.1, 0.15) is 23.9 Å². The molecule has 4 aromatic rings. The number of fused-ring (bicyclic) bond motifs is 1. The Kier molecular flexibility index (Phi) is 6.40. The van der Waals surface area contributed by atoms with Gasteiger partial charge in [0.05, 0.1) is 41.3 Å². The number of aromatic nitrogens is 3. The number of carbonyl (C=O) groups excluding carboxylic acids is 1. The smallest absolute Gasteiger partial charge is 0.228 e. The Bertz CT molecular complexity index is 1720. The lowest BCUT2D eigenvalue weighted by atomic mass is 9.72. The van der Waals surface area contributed by atoms with Crippen molar-refractivity contribution in [2.75, 3.05) is 56.2 Å². The van der Waals surface area contributed by atoms with Crippen LogP contribution in [0.2, 0.25) is 0 Å². The number of nitriles is 1. The highest BCUT2D eigenvalue weighted by atomic mass is 32.1. The molecule has 0 N–H and O–H groups in total. The first-order valence-corrected chi connectivity index (χ1v) is 14.8. The lowest BCUT2D eigenvalue weighted by molar-refractivity contribution is -0.149. The van der Waals surface area contributed by atoms with Gasteiger partial charge >= 0.3 is 0 Å². The number of ether oxygens (including phenoxy) is 1. The van der Waals surface area contributed by atoms with Crippen molar-refractivity contribution in [2.45, 2.75) is 19.8 Å². The molecule has 42 heavy (non-hydrogen) atoms. The lowest BCUT2D eigenvalue weighted by Crippen LogP contribution is -2.73. The number of pyridine rings is 1. The van der Waals surface area contributed by atoms with Gasteiger partial charge in [0.1, 0.15) is 22.5 Å². The van der Waals surface area contributed by atoms with Crippen molar-refractivity contribution >= 4 is 39.3 Å². The summed E-state index contributed by atoms with van der Waals surface area (Å²) in [5, 5.41) is 15.0. The van der Waals surface area contributed by atoms with E-state index in [1.54, 1.807) is 16.6 Å². The molecule has 0 saturated carbocycles. The van der Waals surface area contributed by atoms with Gasteiger partial charge in [-0.15, -0.1) is 0 Å². The van der Waals surface area contributed by atoms with Gasteiger partial charge in [0.2, 0.25) is 5.91 Å². The van der Waals surface area contributed by atoms with Crippen LogP contribution in [-0.4, -0.2) is 71.8 Å². The number of aryl methyl sites for hydroxylation is 1. The van der Waals surface area contributed by atoms with Crippen molar-refractivity contribution in [3.05, 3.63) is 58.7 Å². The van der Waals surface area contributed by atoms with E-state index in [4.69, 9.17) is 9.72 Å². The molecule has 6 heterocycles. The molecule has 3 fully saturated rings. The molecule has 0 radical (unpaired) electrons. The Labute approximate surface area is 245 Å². The minimum Gasteiger partial charge on any atom is -0.381 e. The topological polar surface area (TPSA) is 90.0 Å². The minimum absolute atomic E-state index is 0.00741. The van der Waals surface area contributed by atoms with Crippen molar-refractivity contribution in [1.29, 1.82) is 5.26 Å². The standard InChI is InChI=1S/C30H29F2N7O2S/c1-3-22-27(36(2)29-34-26(25(11-33)42-29)18-4-6-20(31)7-5-18)24-10-23(21(32)12-39(24)35-22)37-14-30(15-37)16-38(17-30)28(40)19-8-9-41-13-19/h4-7,10,12,19H,3,8-9,13-17H2,1-2H3/t19-/m0/s1. The third-order valence-corrected chi connectivity index (χ3v) is 9.61. The number of likely N-dealkylation sites (tertiary alicyclic amines) is 1. The lowest BCUT2D eigenvalue weighted by Gasteiger charge is -2.61. The van der Waals surface area contributed by atoms with Crippen LogP contribution >= 0.6 is 11.3 Å². The monoisotopic (exact) mass is 589 g/mol. The zero-order valence-corrected chi connectivity index (χ0v) is 24.1. The molecular weight excluding hydrogens is 560 g/mol. The number of halogens is 2. The van der Waals surface area contributed by atoms with Crippen LogP contribution in [0.4, 0.5) is 25.3 Å². The van der Waals surface area contributed by atoms with Crippen molar-refractivity contribution in [1.82, 2.24) is 19.5 Å². The highest BCUT2D eigenvalue weighted by Crippen LogP contribution is 2.45. The van der Waals surface area contributed by atoms with Gasteiger partial charge in [-0.2, -0.15) is 10.4 Å². The second kappa shape index (κ2) is 10.0. The quantitative estimate of drug-likeness (QED) is 0.324. The third kappa shape index (κ3) is 4.30. The Morgan fingerprint density at radius 3 is 2.67 bits per heavy atom. The SMILES string of the molecule is CCc1nn2cc(F)c(N3CC4(CN(C(=O)[C@H]5CCOC5)C4)C3)cc2c1N(C)c1nc(-c2ccc(F)cc2)c(C#N)s1. The number of hydrogen-bond acceptors (Lipinski definition) is 8. The van der Waals surface area contributed by atoms with E-state index >= 15 is 4.39 Å². The Morgan fingerprint density at radius 1 is 1.24 bits per heavy atom. The number of amides is 1. The summed E-state index contributed by atoms with van der Waals surface area (Å²) in [6, 6.07) is 9.95. The molecule has 3 aliphatic rings. The van der Waals surface area contributed by atoms with Crippen molar-refractivity contribution in [2.24, 2.45) is 11.3 Å². The van der Waals surface area contributed by atoms with Crippen molar-refractivity contribution < 1.29 is 18.3 Å². The Hall–Kier alpha value is -4.08. The van der Waals surface area contributed by atoms with Gasteiger partial charge in [0.25, 0.3) is 0 Å². The van der Waals surface area contributed by atoms with Crippen LogP contribution < -0.4 is 9.80 Å². The maximum Gasteiger partial charge on any atom is 0.228 e. The van der Waals surface area contributed by atoms with Crippen LogP contribution in [0.25, 0.3) is 16.8 Å². The van der Waals surface area contributed by atoms with Gasteiger partial charge in [-0.3, -0.25) is 4.79 Å². The molecule has 1 atom stereocenters. The molecule has 7 rings (SSSR count). The maximum absolute atomic E-state index is 15.4. The molecule has 0 bridgehead atoms. The van der Waals surface area contributed by atoms with E-state index in [-0.39, 0.29) is 28.9 Å². The van der Waals surface area contributed by atoms with E-state index in [0.29, 0.717) is 72.8 Å². The number of thiazole rings is 1. The van der Waals surface area contributed by atoms with E-state index in [0.717, 1.165) is 23.3 Å². The van der Waals surface area contributed by atoms with Crippen LogP contribution in [0.5, 0.6) is 0 Å². The number of carbonyl (C=O) groups is 1. The first-order valence-electron chi connectivity index (χ1n) is 14.0. The summed E-state index contributed by atoms with van der Waals surface area (Å²) in [7, 11) is 1.86. The predicted octanol–water partition coefficient (Wildman–Crippen LogP) is 4.62. The van der Waals surface area contributed by atoms with E-state index < -0.39 is 0 Å². The van der Waals surface area contributed by atoms with Gasteiger partial charge in [-0.25, -0.2) is 18.3 Å². The normalized spacial score (nSPS) is 19.2. The van der Waals surface area contributed by atoms with Crippen LogP contribution in [0.15, 0.2) is 36.5 Å². The summed E-state index contributed by atoms with van der Waals surface area (Å²) in [5.41, 5.74) is 3.95. The zero-order valence-electron chi connectivity index (χ0n) is 23.3. The average molecular weight is 590 g/mol. The Balaban J connectivity index is 1.15. The number of benzene rings is 1. The van der Waals surface area contributed by atoms with Gasteiger partial charge in [0, 0.05) is 50.8 Å². The predicted molar refractivity (Wildman–Crippen MR) is 155 cm³/mol. The van der Waals surface area contributed by atoms with Crippen LogP contribution in [-0.2, 0) is 16.0 Å². The first kappa shape index (κ1) is 26.8. The number of nitrogens with zero attached hydrogens (tertiary/aromatic N) is 7.